The Bertz CT molecular complexity index is 1070. The predicted octanol–water partition coefficient (Wildman–Crippen LogP) is 3.63. The van der Waals surface area contributed by atoms with Crippen molar-refractivity contribution in [2.45, 2.75) is 46.1 Å². The second-order valence-electron chi connectivity index (χ2n) is 8.33. The molecule has 0 spiro atoms. The highest BCUT2D eigenvalue weighted by atomic mass is 19.1. The molecule has 1 aromatic heterocycles. The van der Waals surface area contributed by atoms with Crippen LogP contribution < -0.4 is 0 Å². The molecule has 0 unspecified atom stereocenters. The van der Waals surface area contributed by atoms with Gasteiger partial charge >= 0.3 is 5.97 Å². The van der Waals surface area contributed by atoms with Gasteiger partial charge in [-0.15, -0.1) is 0 Å². The Hall–Kier alpha value is -3.00. The van der Waals surface area contributed by atoms with Crippen LogP contribution in [0.3, 0.4) is 0 Å². The number of nitrogens with zero attached hydrogens (tertiary/aromatic N) is 2. The third-order valence-electron chi connectivity index (χ3n) is 6.41. The molecule has 178 valence electrons. The lowest BCUT2D eigenvalue weighted by atomic mass is 9.97. The van der Waals surface area contributed by atoms with Crippen molar-refractivity contribution in [1.29, 1.82) is 0 Å². The first kappa shape index (κ1) is 24.6. The monoisotopic (exact) mass is 458 g/mol. The quantitative estimate of drug-likeness (QED) is 0.468. The van der Waals surface area contributed by atoms with Gasteiger partial charge in [-0.25, -0.2) is 9.18 Å². The van der Waals surface area contributed by atoms with Gasteiger partial charge in [-0.1, -0.05) is 6.07 Å². The Kier molecular flexibility index (Phi) is 7.68. The number of halogens is 1. The summed E-state index contributed by atoms with van der Waals surface area (Å²) in [5.41, 5.74) is 2.26. The smallest absolute Gasteiger partial charge is 0.340 e. The average Bonchev–Trinajstić information content (AvgIpc) is 3.04. The Morgan fingerprint density at radius 1 is 1.09 bits per heavy atom. The second-order valence-corrected chi connectivity index (χ2v) is 8.33. The number of rotatable bonds is 7. The molecule has 1 fully saturated rings. The first-order valence-corrected chi connectivity index (χ1v) is 11.2. The Balaban J connectivity index is 1.82. The van der Waals surface area contributed by atoms with E-state index in [0.717, 1.165) is 0 Å². The number of likely N-dealkylation sites (tertiary alicyclic amines) is 1. The summed E-state index contributed by atoms with van der Waals surface area (Å²) in [7, 11) is 3.05. The molecule has 2 heterocycles. The van der Waals surface area contributed by atoms with E-state index >= 15 is 0 Å². The van der Waals surface area contributed by atoms with Crippen molar-refractivity contribution >= 4 is 17.7 Å². The summed E-state index contributed by atoms with van der Waals surface area (Å²) in [6.45, 7) is 7.07. The summed E-state index contributed by atoms with van der Waals surface area (Å²) < 4.78 is 26.8. The van der Waals surface area contributed by atoms with Crippen LogP contribution in [0.1, 0.15) is 67.8 Å². The molecule has 1 aliphatic rings. The maximum Gasteiger partial charge on any atom is 0.340 e. The first-order valence-electron chi connectivity index (χ1n) is 11.2. The van der Waals surface area contributed by atoms with Gasteiger partial charge in [-0.2, -0.15) is 0 Å². The number of hydrogen-bond acceptors (Lipinski definition) is 5. The number of carbonyl (C=O) groups is 3. The zero-order valence-electron chi connectivity index (χ0n) is 19.9. The number of benzene rings is 1. The van der Waals surface area contributed by atoms with Gasteiger partial charge in [0.05, 0.1) is 29.9 Å². The highest BCUT2D eigenvalue weighted by Gasteiger charge is 2.28. The van der Waals surface area contributed by atoms with Gasteiger partial charge in [0.1, 0.15) is 5.82 Å². The summed E-state index contributed by atoms with van der Waals surface area (Å²) >= 11 is 0. The molecule has 0 saturated carbocycles. The molecule has 33 heavy (non-hydrogen) atoms. The second kappa shape index (κ2) is 10.3. The standard InChI is InChI=1S/C25H31FN2O5/c1-6-33-18-9-11-28(12-10-18)24(30)19-13-17(7-8-20(19)26)14-21(29)22-15(2)27(4)16(3)23(22)25(31)32-5/h7-8,13,18H,6,9-12,14H2,1-5H3. The molecule has 1 aliphatic heterocycles. The van der Waals surface area contributed by atoms with Gasteiger partial charge in [0.2, 0.25) is 0 Å². The van der Waals surface area contributed by atoms with E-state index in [9.17, 15) is 18.8 Å². The maximum atomic E-state index is 14.5. The predicted molar refractivity (Wildman–Crippen MR) is 121 cm³/mol. The van der Waals surface area contributed by atoms with E-state index in [1.165, 1.54) is 25.3 Å². The van der Waals surface area contributed by atoms with E-state index in [0.29, 0.717) is 49.5 Å². The summed E-state index contributed by atoms with van der Waals surface area (Å²) in [5, 5.41) is 0. The normalized spacial score (nSPS) is 14.4. The van der Waals surface area contributed by atoms with Crippen LogP contribution in [-0.4, -0.2) is 60.0 Å². The Morgan fingerprint density at radius 3 is 2.33 bits per heavy atom. The van der Waals surface area contributed by atoms with Gasteiger partial charge in [-0.3, -0.25) is 9.59 Å². The van der Waals surface area contributed by atoms with Crippen LogP contribution in [0.4, 0.5) is 4.39 Å². The number of Topliss-reactive ketones (excluding diaryl/α,β-unsaturated/α-hetero) is 1. The number of methoxy groups -OCH3 is 1. The number of hydrogen-bond donors (Lipinski definition) is 0. The summed E-state index contributed by atoms with van der Waals surface area (Å²) in [6.07, 6.45) is 1.47. The molecule has 0 atom stereocenters. The molecule has 2 aromatic rings. The molecule has 1 aromatic carbocycles. The number of piperidine rings is 1. The van der Waals surface area contributed by atoms with Crippen LogP contribution in [0, 0.1) is 19.7 Å². The van der Waals surface area contributed by atoms with Crippen LogP contribution in [-0.2, 0) is 22.9 Å². The molecule has 1 saturated heterocycles. The highest BCUT2D eigenvalue weighted by molar-refractivity contribution is 6.09. The van der Waals surface area contributed by atoms with Gasteiger partial charge < -0.3 is 18.9 Å². The molecule has 7 nitrogen and oxygen atoms in total. The van der Waals surface area contributed by atoms with E-state index in [4.69, 9.17) is 9.47 Å². The minimum Gasteiger partial charge on any atom is -0.465 e. The molecule has 0 N–H and O–H groups in total. The van der Waals surface area contributed by atoms with E-state index in [2.05, 4.69) is 0 Å². The van der Waals surface area contributed by atoms with E-state index in [-0.39, 0.29) is 35.0 Å². The minimum atomic E-state index is -0.620. The lowest BCUT2D eigenvalue weighted by Crippen LogP contribution is -2.41. The fraction of sp³-hybridized carbons (Fsp3) is 0.480. The van der Waals surface area contributed by atoms with Crippen molar-refractivity contribution in [3.05, 3.63) is 57.7 Å². The van der Waals surface area contributed by atoms with Gasteiger partial charge in [0.15, 0.2) is 5.78 Å². The Morgan fingerprint density at radius 2 is 1.73 bits per heavy atom. The third kappa shape index (κ3) is 5.00. The summed E-state index contributed by atoms with van der Waals surface area (Å²) in [4.78, 5) is 40.1. The van der Waals surface area contributed by atoms with Crippen molar-refractivity contribution < 1.29 is 28.2 Å². The van der Waals surface area contributed by atoms with Crippen LogP contribution in [0.5, 0.6) is 0 Å². The van der Waals surface area contributed by atoms with Crippen molar-refractivity contribution in [3.8, 4) is 0 Å². The van der Waals surface area contributed by atoms with E-state index < -0.39 is 17.7 Å². The number of esters is 1. The number of ketones is 1. The third-order valence-corrected chi connectivity index (χ3v) is 6.41. The lowest BCUT2D eigenvalue weighted by molar-refractivity contribution is 0.0144. The SMILES string of the molecule is CCOC1CCN(C(=O)c2cc(CC(=O)c3c(C(=O)OC)c(C)n(C)c3C)ccc2F)CC1. The number of carbonyl (C=O) groups excluding carboxylic acids is 3. The zero-order chi connectivity index (χ0) is 24.3. The fourth-order valence-electron chi connectivity index (χ4n) is 4.39. The summed E-state index contributed by atoms with van der Waals surface area (Å²) in [5.74, 6) is -1.88. The number of ether oxygens (including phenoxy) is 2. The number of aromatic nitrogens is 1. The lowest BCUT2D eigenvalue weighted by Gasteiger charge is -2.32. The molecule has 0 bridgehead atoms. The molecule has 0 radical (unpaired) electrons. The van der Waals surface area contributed by atoms with E-state index in [1.807, 2.05) is 6.92 Å². The minimum absolute atomic E-state index is 0.0516. The van der Waals surface area contributed by atoms with Gasteiger partial charge in [0.25, 0.3) is 5.91 Å². The van der Waals surface area contributed by atoms with Crippen molar-refractivity contribution in [3.63, 3.8) is 0 Å². The number of amides is 1. The molecular formula is C25H31FN2O5. The van der Waals surface area contributed by atoms with Gasteiger partial charge in [-0.05, 0) is 51.3 Å². The van der Waals surface area contributed by atoms with Crippen LogP contribution in [0.15, 0.2) is 18.2 Å². The molecular weight excluding hydrogens is 427 g/mol. The van der Waals surface area contributed by atoms with Crippen molar-refractivity contribution in [2.75, 3.05) is 26.8 Å². The largest absolute Gasteiger partial charge is 0.465 e. The average molecular weight is 459 g/mol. The molecule has 8 heteroatoms. The molecule has 1 amide bonds. The van der Waals surface area contributed by atoms with Gasteiger partial charge in [0, 0.05) is 44.6 Å². The molecule has 0 aliphatic carbocycles. The van der Waals surface area contributed by atoms with Crippen molar-refractivity contribution in [2.24, 2.45) is 7.05 Å². The fourth-order valence-corrected chi connectivity index (χ4v) is 4.39. The maximum absolute atomic E-state index is 14.5. The summed E-state index contributed by atoms with van der Waals surface area (Å²) in [6, 6.07) is 4.15. The topological polar surface area (TPSA) is 77.8 Å². The van der Waals surface area contributed by atoms with Crippen LogP contribution >= 0.6 is 0 Å². The highest BCUT2D eigenvalue weighted by Crippen LogP contribution is 2.25. The van der Waals surface area contributed by atoms with E-state index in [1.54, 1.807) is 30.4 Å². The van der Waals surface area contributed by atoms with Crippen LogP contribution in [0.25, 0.3) is 0 Å². The first-order chi connectivity index (χ1) is 15.7. The van der Waals surface area contributed by atoms with Crippen molar-refractivity contribution in [1.82, 2.24) is 9.47 Å². The molecule has 3 rings (SSSR count). The Labute approximate surface area is 193 Å². The zero-order valence-corrected chi connectivity index (χ0v) is 19.9. The van der Waals surface area contributed by atoms with Crippen LogP contribution in [0.2, 0.25) is 0 Å².